The zero-order valence-corrected chi connectivity index (χ0v) is 21.6. The summed E-state index contributed by atoms with van der Waals surface area (Å²) in [6.07, 6.45) is -0.779. The van der Waals surface area contributed by atoms with E-state index in [0.29, 0.717) is 12.5 Å². The smallest absolute Gasteiger partial charge is 0.356 e. The fraction of sp³-hybridized carbons (Fsp3) is 0.565. The van der Waals surface area contributed by atoms with E-state index in [-0.39, 0.29) is 35.4 Å². The molecule has 0 amide bonds. The number of halogens is 4. The fourth-order valence-electron chi connectivity index (χ4n) is 4.35. The average molecular weight is 563 g/mol. The molecule has 2 N–H and O–H groups in total. The summed E-state index contributed by atoms with van der Waals surface area (Å²) >= 11 is 0. The maximum absolute atomic E-state index is 13.2. The molecule has 1 aromatic heterocycles. The third kappa shape index (κ3) is 5.77. The van der Waals surface area contributed by atoms with Crippen LogP contribution in [-0.4, -0.2) is 35.4 Å². The summed E-state index contributed by atoms with van der Waals surface area (Å²) in [5.74, 6) is 0.657. The molecule has 0 radical (unpaired) electrons. The molecule has 1 aliphatic carbocycles. The van der Waals surface area contributed by atoms with Crippen molar-refractivity contribution in [1.82, 2.24) is 20.4 Å². The fourth-order valence-corrected chi connectivity index (χ4v) is 4.35. The van der Waals surface area contributed by atoms with Gasteiger partial charge in [-0.25, -0.2) is 0 Å². The van der Waals surface area contributed by atoms with Crippen LogP contribution < -0.4 is 10.6 Å². The van der Waals surface area contributed by atoms with Gasteiger partial charge < -0.3 is 10.6 Å². The van der Waals surface area contributed by atoms with Crippen molar-refractivity contribution in [3.63, 3.8) is 0 Å². The van der Waals surface area contributed by atoms with Crippen LogP contribution in [0.3, 0.4) is 0 Å². The minimum Gasteiger partial charge on any atom is -0.356 e. The number of aliphatic imine (C=N–C) groups is 1. The van der Waals surface area contributed by atoms with E-state index in [1.807, 2.05) is 24.7 Å². The van der Waals surface area contributed by atoms with Crippen molar-refractivity contribution >= 4 is 29.9 Å². The van der Waals surface area contributed by atoms with Crippen molar-refractivity contribution in [2.75, 3.05) is 13.6 Å². The summed E-state index contributed by atoms with van der Waals surface area (Å²) in [6, 6.07) is 5.87. The van der Waals surface area contributed by atoms with Gasteiger partial charge in [0.05, 0.1) is 11.3 Å². The van der Waals surface area contributed by atoms with Gasteiger partial charge in [-0.2, -0.15) is 18.3 Å². The lowest BCUT2D eigenvalue weighted by molar-refractivity contribution is -0.137. The Hall–Kier alpha value is -1.78. The Kier molecular flexibility index (Phi) is 8.63. The number of benzene rings is 1. The summed E-state index contributed by atoms with van der Waals surface area (Å²) < 4.78 is 41.4. The zero-order chi connectivity index (χ0) is 22.8. The predicted molar refractivity (Wildman–Crippen MR) is 133 cm³/mol. The molecule has 3 rings (SSSR count). The molecule has 2 aromatic rings. The number of guanidine groups is 1. The average Bonchev–Trinajstić information content (AvgIpc) is 2.91. The first kappa shape index (κ1) is 26.5. The Morgan fingerprint density at radius 1 is 1.28 bits per heavy atom. The molecule has 0 saturated heterocycles. The maximum atomic E-state index is 13.2. The lowest BCUT2D eigenvalue weighted by Gasteiger charge is -2.43. The Bertz CT molecular complexity index is 948. The number of hydrogen-bond acceptors (Lipinski definition) is 2. The summed E-state index contributed by atoms with van der Waals surface area (Å²) in [6.45, 7) is 6.71. The van der Waals surface area contributed by atoms with Crippen molar-refractivity contribution in [1.29, 1.82) is 0 Å². The molecule has 1 heterocycles. The van der Waals surface area contributed by atoms with E-state index >= 15 is 0 Å². The number of alkyl halides is 3. The number of hydrogen-bond donors (Lipinski definition) is 2. The second-order valence-electron chi connectivity index (χ2n) is 8.66. The van der Waals surface area contributed by atoms with Gasteiger partial charge in [-0.1, -0.05) is 24.6 Å². The van der Waals surface area contributed by atoms with Gasteiger partial charge in [-0.15, -0.1) is 24.0 Å². The highest BCUT2D eigenvalue weighted by Gasteiger charge is 2.40. The van der Waals surface area contributed by atoms with Crippen LogP contribution in [0.2, 0.25) is 0 Å². The van der Waals surface area contributed by atoms with E-state index in [2.05, 4.69) is 34.6 Å². The van der Waals surface area contributed by atoms with Gasteiger partial charge in [0.2, 0.25) is 0 Å². The highest BCUT2D eigenvalue weighted by Crippen LogP contribution is 2.44. The Morgan fingerprint density at radius 2 is 1.97 bits per heavy atom. The van der Waals surface area contributed by atoms with Crippen molar-refractivity contribution in [2.24, 2.45) is 12.0 Å². The largest absolute Gasteiger partial charge is 0.416 e. The molecular weight excluding hydrogens is 530 g/mol. The molecule has 5 nitrogen and oxygen atoms in total. The molecule has 1 atom stereocenters. The number of nitrogens with one attached hydrogen (secondary N) is 2. The minimum absolute atomic E-state index is 0. The minimum atomic E-state index is -4.33. The summed E-state index contributed by atoms with van der Waals surface area (Å²) in [4.78, 5) is 4.33. The van der Waals surface area contributed by atoms with Gasteiger partial charge in [0.15, 0.2) is 5.96 Å². The van der Waals surface area contributed by atoms with E-state index < -0.39 is 11.7 Å². The summed E-state index contributed by atoms with van der Waals surface area (Å²) in [5, 5.41) is 11.2. The molecule has 0 bridgehead atoms. The first-order valence-electron chi connectivity index (χ1n) is 10.7. The van der Waals surface area contributed by atoms with E-state index in [0.717, 1.165) is 48.7 Å². The SMILES string of the molecule is CN=C(NCC1(c2cccc(C(F)(F)F)c2)CCC1)NC(C)Cc1c(C)nn(C)c1C.I. The van der Waals surface area contributed by atoms with Crippen LogP contribution in [0.5, 0.6) is 0 Å². The van der Waals surface area contributed by atoms with Crippen LogP contribution in [-0.2, 0) is 25.1 Å². The van der Waals surface area contributed by atoms with Gasteiger partial charge >= 0.3 is 6.18 Å². The molecule has 1 saturated carbocycles. The lowest BCUT2D eigenvalue weighted by Crippen LogP contribution is -2.50. The number of aromatic nitrogens is 2. The van der Waals surface area contributed by atoms with Crippen LogP contribution in [0.1, 0.15) is 54.3 Å². The van der Waals surface area contributed by atoms with E-state index in [9.17, 15) is 13.2 Å². The molecule has 1 fully saturated rings. The second kappa shape index (κ2) is 10.4. The first-order chi connectivity index (χ1) is 14.6. The molecule has 1 aromatic carbocycles. The van der Waals surface area contributed by atoms with Crippen LogP contribution in [0.25, 0.3) is 0 Å². The van der Waals surface area contributed by atoms with Crippen molar-refractivity contribution in [3.05, 3.63) is 52.3 Å². The highest BCUT2D eigenvalue weighted by atomic mass is 127. The molecular formula is C23H33F3IN5. The van der Waals surface area contributed by atoms with Crippen LogP contribution in [0.15, 0.2) is 29.3 Å². The lowest BCUT2D eigenvalue weighted by atomic mass is 9.64. The van der Waals surface area contributed by atoms with Crippen LogP contribution in [0.4, 0.5) is 13.2 Å². The Morgan fingerprint density at radius 3 is 2.47 bits per heavy atom. The Labute approximate surface area is 205 Å². The molecule has 0 spiro atoms. The normalized spacial score (nSPS) is 16.7. The van der Waals surface area contributed by atoms with E-state index in [1.165, 1.54) is 17.7 Å². The van der Waals surface area contributed by atoms with E-state index in [4.69, 9.17) is 0 Å². The van der Waals surface area contributed by atoms with Crippen molar-refractivity contribution in [2.45, 2.75) is 64.1 Å². The van der Waals surface area contributed by atoms with Gasteiger partial charge in [-0.05, 0) is 57.2 Å². The third-order valence-electron chi connectivity index (χ3n) is 6.48. The van der Waals surface area contributed by atoms with Crippen LogP contribution in [0, 0.1) is 13.8 Å². The van der Waals surface area contributed by atoms with Gasteiger partial charge in [0.25, 0.3) is 0 Å². The standard InChI is InChI=1S/C23H32F3N5.HI/c1-15(12-20-16(2)30-31(5)17(20)3)29-21(27-4)28-14-22(10-7-11-22)18-8-6-9-19(13-18)23(24,25)26;/h6,8-9,13,15H,7,10-12,14H2,1-5H3,(H2,27,28,29);1H. The first-order valence-corrected chi connectivity index (χ1v) is 10.7. The number of rotatable bonds is 6. The zero-order valence-electron chi connectivity index (χ0n) is 19.3. The molecule has 1 unspecified atom stereocenters. The molecule has 9 heteroatoms. The van der Waals surface area contributed by atoms with Gasteiger partial charge in [-0.3, -0.25) is 9.67 Å². The molecule has 0 aliphatic heterocycles. The van der Waals surface area contributed by atoms with Gasteiger partial charge in [0.1, 0.15) is 0 Å². The van der Waals surface area contributed by atoms with Crippen molar-refractivity contribution < 1.29 is 13.2 Å². The number of nitrogens with zero attached hydrogens (tertiary/aromatic N) is 3. The summed E-state index contributed by atoms with van der Waals surface area (Å²) in [5.41, 5.74) is 3.25. The van der Waals surface area contributed by atoms with E-state index in [1.54, 1.807) is 7.05 Å². The molecule has 178 valence electrons. The van der Waals surface area contributed by atoms with Crippen LogP contribution >= 0.6 is 24.0 Å². The second-order valence-corrected chi connectivity index (χ2v) is 8.66. The highest BCUT2D eigenvalue weighted by molar-refractivity contribution is 14.0. The number of aryl methyl sites for hydroxylation is 2. The van der Waals surface area contributed by atoms with Crippen molar-refractivity contribution in [3.8, 4) is 0 Å². The molecule has 32 heavy (non-hydrogen) atoms. The van der Waals surface area contributed by atoms with Gasteiger partial charge in [0, 0.05) is 37.8 Å². The molecule has 1 aliphatic rings. The maximum Gasteiger partial charge on any atom is 0.416 e. The Balaban J connectivity index is 0.00000363. The third-order valence-corrected chi connectivity index (χ3v) is 6.48. The summed E-state index contributed by atoms with van der Waals surface area (Å²) in [7, 11) is 3.65. The topological polar surface area (TPSA) is 54.2 Å². The predicted octanol–water partition coefficient (Wildman–Crippen LogP) is 4.89. The quantitative estimate of drug-likeness (QED) is 0.299. The monoisotopic (exact) mass is 563 g/mol.